The van der Waals surface area contributed by atoms with Crippen molar-refractivity contribution in [2.45, 2.75) is 40.5 Å². The molecule has 0 aliphatic carbocycles. The van der Waals surface area contributed by atoms with Gasteiger partial charge in [-0.15, -0.1) is 10.2 Å². The Morgan fingerprint density at radius 1 is 1.00 bits per heavy atom. The number of hydrogen-bond donors (Lipinski definition) is 1. The maximum absolute atomic E-state index is 12.8. The van der Waals surface area contributed by atoms with Gasteiger partial charge in [-0.25, -0.2) is 4.68 Å². The lowest BCUT2D eigenvalue weighted by Gasteiger charge is -2.32. The van der Waals surface area contributed by atoms with Crippen LogP contribution in [0.4, 0.5) is 11.5 Å². The average Bonchev–Trinajstić information content (AvgIpc) is 3.09. The van der Waals surface area contributed by atoms with Gasteiger partial charge in [0.05, 0.1) is 11.6 Å². The fourth-order valence-electron chi connectivity index (χ4n) is 3.92. The Morgan fingerprint density at radius 2 is 1.77 bits per heavy atom. The molecule has 1 aliphatic rings. The van der Waals surface area contributed by atoms with E-state index in [1.54, 1.807) is 4.68 Å². The fourth-order valence-corrected chi connectivity index (χ4v) is 3.92. The standard InChI is InChI=1S/C23H28N6O/c1-15-7-8-20(12-16(15)2)24-23(30)19-6-5-11-28(14-19)21-9-10-22(26-25-21)29-18(4)13-17(3)27-29/h7-10,12-13,19H,5-6,11,14H2,1-4H3,(H,24,30). The highest BCUT2D eigenvalue weighted by Gasteiger charge is 2.27. The second-order valence-corrected chi connectivity index (χ2v) is 8.16. The summed E-state index contributed by atoms with van der Waals surface area (Å²) in [6.07, 6.45) is 1.83. The fraction of sp³-hybridized carbons (Fsp3) is 0.391. The van der Waals surface area contributed by atoms with Crippen LogP contribution in [0, 0.1) is 33.6 Å². The summed E-state index contributed by atoms with van der Waals surface area (Å²) in [6, 6.07) is 11.9. The van der Waals surface area contributed by atoms with Crippen molar-refractivity contribution >= 4 is 17.4 Å². The Hall–Kier alpha value is -3.22. The predicted molar refractivity (Wildman–Crippen MR) is 118 cm³/mol. The first-order valence-corrected chi connectivity index (χ1v) is 10.4. The lowest BCUT2D eigenvalue weighted by Crippen LogP contribution is -2.41. The minimum atomic E-state index is -0.0714. The third-order valence-electron chi connectivity index (χ3n) is 5.75. The summed E-state index contributed by atoms with van der Waals surface area (Å²) in [5, 5.41) is 16.3. The van der Waals surface area contributed by atoms with E-state index in [4.69, 9.17) is 0 Å². The maximum Gasteiger partial charge on any atom is 0.229 e. The van der Waals surface area contributed by atoms with Gasteiger partial charge in [-0.1, -0.05) is 6.07 Å². The molecule has 3 aromatic rings. The first-order chi connectivity index (χ1) is 14.4. The van der Waals surface area contributed by atoms with Gasteiger partial charge in [0.1, 0.15) is 0 Å². The Bertz CT molecular complexity index is 1060. The smallest absolute Gasteiger partial charge is 0.229 e. The summed E-state index contributed by atoms with van der Waals surface area (Å²) in [4.78, 5) is 15.0. The molecule has 7 heteroatoms. The van der Waals surface area contributed by atoms with E-state index in [0.29, 0.717) is 12.4 Å². The van der Waals surface area contributed by atoms with Crippen molar-refractivity contribution in [1.29, 1.82) is 0 Å². The molecule has 30 heavy (non-hydrogen) atoms. The molecule has 1 N–H and O–H groups in total. The number of piperidine rings is 1. The van der Waals surface area contributed by atoms with Gasteiger partial charge in [0, 0.05) is 24.5 Å². The lowest BCUT2D eigenvalue weighted by molar-refractivity contribution is -0.120. The molecule has 0 bridgehead atoms. The molecule has 1 unspecified atom stereocenters. The third-order valence-corrected chi connectivity index (χ3v) is 5.75. The second kappa shape index (κ2) is 8.26. The van der Waals surface area contributed by atoms with Crippen LogP contribution in [0.5, 0.6) is 0 Å². The molecule has 4 rings (SSSR count). The summed E-state index contributed by atoms with van der Waals surface area (Å²) in [7, 11) is 0. The summed E-state index contributed by atoms with van der Waals surface area (Å²) < 4.78 is 1.79. The van der Waals surface area contributed by atoms with E-state index in [2.05, 4.69) is 39.4 Å². The maximum atomic E-state index is 12.8. The molecule has 1 aliphatic heterocycles. The highest BCUT2D eigenvalue weighted by molar-refractivity contribution is 5.93. The molecule has 1 aromatic carbocycles. The van der Waals surface area contributed by atoms with Crippen LogP contribution in [0.25, 0.3) is 5.82 Å². The van der Waals surface area contributed by atoms with E-state index in [0.717, 1.165) is 42.3 Å². The number of aryl methyl sites for hydroxylation is 4. The monoisotopic (exact) mass is 404 g/mol. The molecule has 1 atom stereocenters. The quantitative estimate of drug-likeness (QED) is 0.717. The normalized spacial score (nSPS) is 16.5. The molecular formula is C23H28N6O. The van der Waals surface area contributed by atoms with Gasteiger partial charge in [0.15, 0.2) is 11.6 Å². The first kappa shape index (κ1) is 20.1. The van der Waals surface area contributed by atoms with Gasteiger partial charge in [0.2, 0.25) is 5.91 Å². The van der Waals surface area contributed by atoms with Crippen LogP contribution in [0.3, 0.4) is 0 Å². The average molecular weight is 405 g/mol. The van der Waals surface area contributed by atoms with Crippen LogP contribution in [-0.4, -0.2) is 39.0 Å². The summed E-state index contributed by atoms with van der Waals surface area (Å²) >= 11 is 0. The molecule has 0 spiro atoms. The number of benzene rings is 1. The molecule has 0 radical (unpaired) electrons. The van der Waals surface area contributed by atoms with Gasteiger partial charge >= 0.3 is 0 Å². The molecule has 156 valence electrons. The molecule has 0 saturated carbocycles. The van der Waals surface area contributed by atoms with E-state index in [-0.39, 0.29) is 11.8 Å². The van der Waals surface area contributed by atoms with Gasteiger partial charge < -0.3 is 10.2 Å². The molecule has 2 aromatic heterocycles. The third kappa shape index (κ3) is 4.20. The topological polar surface area (TPSA) is 75.9 Å². The number of amides is 1. The van der Waals surface area contributed by atoms with Crippen molar-refractivity contribution in [3.05, 3.63) is 58.9 Å². The number of anilines is 2. The van der Waals surface area contributed by atoms with Crippen molar-refractivity contribution in [2.24, 2.45) is 5.92 Å². The lowest BCUT2D eigenvalue weighted by atomic mass is 9.97. The summed E-state index contributed by atoms with van der Waals surface area (Å²) in [5.41, 5.74) is 5.23. The molecule has 1 fully saturated rings. The molecule has 1 saturated heterocycles. The Kier molecular flexibility index (Phi) is 5.53. The molecule has 3 heterocycles. The number of nitrogens with zero attached hydrogens (tertiary/aromatic N) is 5. The number of rotatable bonds is 4. The van der Waals surface area contributed by atoms with Crippen molar-refractivity contribution in [3.63, 3.8) is 0 Å². The van der Waals surface area contributed by atoms with Crippen LogP contribution >= 0.6 is 0 Å². The molecule has 1 amide bonds. The molecular weight excluding hydrogens is 376 g/mol. The first-order valence-electron chi connectivity index (χ1n) is 10.4. The Labute approximate surface area is 177 Å². The van der Waals surface area contributed by atoms with E-state index in [1.807, 2.05) is 50.2 Å². The largest absolute Gasteiger partial charge is 0.354 e. The van der Waals surface area contributed by atoms with Gasteiger partial charge in [0.25, 0.3) is 0 Å². The van der Waals surface area contributed by atoms with Gasteiger partial charge in [-0.2, -0.15) is 5.10 Å². The van der Waals surface area contributed by atoms with Crippen LogP contribution in [0.2, 0.25) is 0 Å². The Balaban J connectivity index is 1.43. The van der Waals surface area contributed by atoms with E-state index >= 15 is 0 Å². The van der Waals surface area contributed by atoms with Crippen LogP contribution in [0.15, 0.2) is 36.4 Å². The predicted octanol–water partition coefficient (Wildman–Crippen LogP) is 3.75. The van der Waals surface area contributed by atoms with Crippen LogP contribution in [-0.2, 0) is 4.79 Å². The highest BCUT2D eigenvalue weighted by atomic mass is 16.1. The van der Waals surface area contributed by atoms with E-state index < -0.39 is 0 Å². The number of aromatic nitrogens is 4. The molecule has 7 nitrogen and oxygen atoms in total. The summed E-state index contributed by atoms with van der Waals surface area (Å²) in [5.74, 6) is 1.49. The second-order valence-electron chi connectivity index (χ2n) is 8.16. The Morgan fingerprint density at radius 3 is 2.43 bits per heavy atom. The minimum Gasteiger partial charge on any atom is -0.354 e. The van der Waals surface area contributed by atoms with Gasteiger partial charge in [-0.05, 0) is 82.0 Å². The van der Waals surface area contributed by atoms with Crippen molar-refractivity contribution in [2.75, 3.05) is 23.3 Å². The van der Waals surface area contributed by atoms with Crippen molar-refractivity contribution < 1.29 is 4.79 Å². The van der Waals surface area contributed by atoms with Crippen molar-refractivity contribution in [1.82, 2.24) is 20.0 Å². The highest BCUT2D eigenvalue weighted by Crippen LogP contribution is 2.24. The zero-order valence-electron chi connectivity index (χ0n) is 18.0. The summed E-state index contributed by atoms with van der Waals surface area (Å²) in [6.45, 7) is 9.61. The zero-order valence-corrected chi connectivity index (χ0v) is 18.0. The minimum absolute atomic E-state index is 0.0650. The number of hydrogen-bond acceptors (Lipinski definition) is 5. The SMILES string of the molecule is Cc1cc(C)n(-c2ccc(N3CCCC(C(=O)Nc4ccc(C)c(C)c4)C3)nn2)n1. The number of carbonyl (C=O) groups excluding carboxylic acids is 1. The zero-order chi connectivity index (χ0) is 21.3. The van der Waals surface area contributed by atoms with Crippen molar-refractivity contribution in [3.8, 4) is 5.82 Å². The van der Waals surface area contributed by atoms with Gasteiger partial charge in [-0.3, -0.25) is 4.79 Å². The number of carbonyl (C=O) groups is 1. The van der Waals surface area contributed by atoms with E-state index in [1.165, 1.54) is 11.1 Å². The van der Waals surface area contributed by atoms with Crippen LogP contribution < -0.4 is 10.2 Å². The number of nitrogens with one attached hydrogen (secondary N) is 1. The van der Waals surface area contributed by atoms with E-state index in [9.17, 15) is 4.79 Å². The van der Waals surface area contributed by atoms with Crippen LogP contribution in [0.1, 0.15) is 35.4 Å².